The molecule has 23 heavy (non-hydrogen) atoms. The molecule has 0 aromatic heterocycles. The van der Waals surface area contributed by atoms with Gasteiger partial charge < -0.3 is 20.5 Å². The molecule has 5 nitrogen and oxygen atoms in total. The van der Waals surface area contributed by atoms with Crippen molar-refractivity contribution < 1.29 is 27.8 Å². The standard InChI is InChI=1S/C14H15F3N2O3S/c1-2-22-11(20)9-10(8-6-4-3-5-7-8)18-12(23)19-13(9,21)14(15,16)17/h3-7,9-10,21H,2H2,1H3,(H2,18,19,23)/t9-,10+,13+/m1/s1. The van der Waals surface area contributed by atoms with Gasteiger partial charge in [0.05, 0.1) is 12.6 Å². The fourth-order valence-electron chi connectivity index (χ4n) is 2.47. The Labute approximate surface area is 135 Å². The Kier molecular flexibility index (Phi) is 4.81. The average molecular weight is 348 g/mol. The highest BCUT2D eigenvalue weighted by molar-refractivity contribution is 7.80. The molecule has 0 unspecified atom stereocenters. The van der Waals surface area contributed by atoms with Crippen LogP contribution in [0.15, 0.2) is 30.3 Å². The molecule has 3 N–H and O–H groups in total. The van der Waals surface area contributed by atoms with Gasteiger partial charge in [-0.05, 0) is 24.7 Å². The highest BCUT2D eigenvalue weighted by Crippen LogP contribution is 2.42. The Morgan fingerprint density at radius 1 is 1.39 bits per heavy atom. The zero-order valence-corrected chi connectivity index (χ0v) is 12.9. The van der Waals surface area contributed by atoms with Gasteiger partial charge in [-0.25, -0.2) is 0 Å². The first-order valence-electron chi connectivity index (χ1n) is 6.80. The van der Waals surface area contributed by atoms with E-state index < -0.39 is 34.9 Å². The Balaban J connectivity index is 2.54. The third-order valence-electron chi connectivity index (χ3n) is 3.51. The maximum absolute atomic E-state index is 13.4. The van der Waals surface area contributed by atoms with Crippen molar-refractivity contribution in [3.63, 3.8) is 0 Å². The molecular formula is C14H15F3N2O3S. The Morgan fingerprint density at radius 3 is 2.52 bits per heavy atom. The second kappa shape index (κ2) is 6.32. The number of nitrogens with one attached hydrogen (secondary N) is 2. The van der Waals surface area contributed by atoms with Crippen molar-refractivity contribution in [3.05, 3.63) is 35.9 Å². The van der Waals surface area contributed by atoms with Gasteiger partial charge in [0.1, 0.15) is 5.92 Å². The first-order valence-corrected chi connectivity index (χ1v) is 7.21. The quantitative estimate of drug-likeness (QED) is 0.570. The topological polar surface area (TPSA) is 70.6 Å². The molecule has 1 aromatic carbocycles. The number of alkyl halides is 3. The lowest BCUT2D eigenvalue weighted by Crippen LogP contribution is -2.73. The lowest BCUT2D eigenvalue weighted by atomic mass is 9.82. The van der Waals surface area contributed by atoms with Crippen LogP contribution in [0.2, 0.25) is 0 Å². The van der Waals surface area contributed by atoms with E-state index in [1.807, 2.05) is 0 Å². The number of benzene rings is 1. The zero-order valence-electron chi connectivity index (χ0n) is 12.1. The van der Waals surface area contributed by atoms with Gasteiger partial charge in [-0.2, -0.15) is 13.2 Å². The van der Waals surface area contributed by atoms with E-state index in [0.29, 0.717) is 5.56 Å². The highest BCUT2D eigenvalue weighted by atomic mass is 32.1. The Bertz CT molecular complexity index is 597. The zero-order chi connectivity index (χ0) is 17.3. The lowest BCUT2D eigenvalue weighted by Gasteiger charge is -2.45. The maximum atomic E-state index is 13.4. The third-order valence-corrected chi connectivity index (χ3v) is 3.73. The number of thiocarbonyl (C=S) groups is 1. The van der Waals surface area contributed by atoms with Crippen LogP contribution in [0.3, 0.4) is 0 Å². The van der Waals surface area contributed by atoms with Crippen LogP contribution >= 0.6 is 12.2 Å². The number of aliphatic hydroxyl groups is 1. The van der Waals surface area contributed by atoms with Crippen LogP contribution in [0.25, 0.3) is 0 Å². The number of halogens is 3. The van der Waals surface area contributed by atoms with Crippen LogP contribution in [-0.2, 0) is 9.53 Å². The number of hydrogen-bond acceptors (Lipinski definition) is 4. The van der Waals surface area contributed by atoms with Gasteiger partial charge in [-0.3, -0.25) is 4.79 Å². The molecule has 1 heterocycles. The van der Waals surface area contributed by atoms with Crippen molar-refractivity contribution >= 4 is 23.3 Å². The predicted molar refractivity (Wildman–Crippen MR) is 79.2 cm³/mol. The number of ether oxygens (including phenoxy) is 1. The van der Waals surface area contributed by atoms with Crippen molar-refractivity contribution in [2.75, 3.05) is 6.61 Å². The lowest BCUT2D eigenvalue weighted by molar-refractivity contribution is -0.292. The minimum Gasteiger partial charge on any atom is -0.466 e. The summed E-state index contributed by atoms with van der Waals surface area (Å²) in [4.78, 5) is 12.1. The molecule has 0 saturated carbocycles. The molecule has 9 heteroatoms. The molecule has 0 radical (unpaired) electrons. The fourth-order valence-corrected chi connectivity index (χ4v) is 2.76. The molecule has 0 spiro atoms. The summed E-state index contributed by atoms with van der Waals surface area (Å²) < 4.78 is 45.0. The summed E-state index contributed by atoms with van der Waals surface area (Å²) in [5.41, 5.74) is -3.15. The predicted octanol–water partition coefficient (Wildman–Crippen LogP) is 1.64. The van der Waals surface area contributed by atoms with Gasteiger partial charge in [-0.1, -0.05) is 30.3 Å². The summed E-state index contributed by atoms with van der Waals surface area (Å²) >= 11 is 4.77. The number of carbonyl (C=O) groups is 1. The van der Waals surface area contributed by atoms with Crippen molar-refractivity contribution in [2.45, 2.75) is 24.9 Å². The van der Waals surface area contributed by atoms with Gasteiger partial charge in [0.25, 0.3) is 5.72 Å². The molecule has 2 rings (SSSR count). The summed E-state index contributed by atoms with van der Waals surface area (Å²) in [6.07, 6.45) is -5.14. The molecule has 1 fully saturated rings. The molecule has 0 aliphatic carbocycles. The first kappa shape index (κ1) is 17.5. The molecule has 126 valence electrons. The summed E-state index contributed by atoms with van der Waals surface area (Å²) in [6, 6.07) is 6.78. The summed E-state index contributed by atoms with van der Waals surface area (Å²) in [5, 5.41) is 14.2. The molecule has 1 aliphatic rings. The van der Waals surface area contributed by atoms with E-state index in [2.05, 4.69) is 5.32 Å². The number of esters is 1. The molecule has 1 aliphatic heterocycles. The van der Waals surface area contributed by atoms with Crippen LogP contribution in [0, 0.1) is 5.92 Å². The second-order valence-electron chi connectivity index (χ2n) is 4.98. The van der Waals surface area contributed by atoms with Gasteiger partial charge in [0.2, 0.25) is 0 Å². The number of rotatable bonds is 3. The van der Waals surface area contributed by atoms with E-state index in [9.17, 15) is 23.1 Å². The summed E-state index contributed by atoms with van der Waals surface area (Å²) in [7, 11) is 0. The van der Waals surface area contributed by atoms with Gasteiger partial charge >= 0.3 is 12.1 Å². The Hall–Kier alpha value is -1.87. The van der Waals surface area contributed by atoms with Crippen molar-refractivity contribution in [3.8, 4) is 0 Å². The van der Waals surface area contributed by atoms with Crippen LogP contribution in [0.4, 0.5) is 13.2 Å². The number of hydrogen-bond donors (Lipinski definition) is 3. The van der Waals surface area contributed by atoms with Crippen LogP contribution in [0.1, 0.15) is 18.5 Å². The average Bonchev–Trinajstić information content (AvgIpc) is 2.46. The van der Waals surface area contributed by atoms with Crippen molar-refractivity contribution in [1.29, 1.82) is 0 Å². The van der Waals surface area contributed by atoms with E-state index >= 15 is 0 Å². The van der Waals surface area contributed by atoms with Crippen LogP contribution in [-0.4, -0.2) is 34.7 Å². The largest absolute Gasteiger partial charge is 0.466 e. The molecular weight excluding hydrogens is 333 g/mol. The molecule has 1 saturated heterocycles. The van der Waals surface area contributed by atoms with E-state index in [4.69, 9.17) is 17.0 Å². The number of carbonyl (C=O) groups excluding carboxylic acids is 1. The maximum Gasteiger partial charge on any atom is 0.437 e. The highest BCUT2D eigenvalue weighted by Gasteiger charge is 2.66. The SMILES string of the molecule is CCOC(=O)[C@H]1[C@H](c2ccccc2)NC(=S)N[C@@]1(O)C(F)(F)F. The molecule has 0 bridgehead atoms. The van der Waals surface area contributed by atoms with Gasteiger partial charge in [0, 0.05) is 0 Å². The van der Waals surface area contributed by atoms with Crippen molar-refractivity contribution in [1.82, 2.24) is 10.6 Å². The van der Waals surface area contributed by atoms with Crippen LogP contribution < -0.4 is 10.6 Å². The molecule has 1 aromatic rings. The van der Waals surface area contributed by atoms with Crippen LogP contribution in [0.5, 0.6) is 0 Å². The van der Waals surface area contributed by atoms with E-state index in [-0.39, 0.29) is 6.61 Å². The van der Waals surface area contributed by atoms with E-state index in [1.165, 1.54) is 19.1 Å². The summed E-state index contributed by atoms with van der Waals surface area (Å²) in [5.74, 6) is -3.14. The minimum absolute atomic E-state index is 0.116. The van der Waals surface area contributed by atoms with Gasteiger partial charge in [-0.15, -0.1) is 0 Å². The Morgan fingerprint density at radius 2 is 2.00 bits per heavy atom. The summed E-state index contributed by atoms with van der Waals surface area (Å²) in [6.45, 7) is 1.35. The normalized spacial score (nSPS) is 27.8. The van der Waals surface area contributed by atoms with E-state index in [0.717, 1.165) is 0 Å². The fraction of sp³-hybridized carbons (Fsp3) is 0.429. The van der Waals surface area contributed by atoms with Crippen molar-refractivity contribution in [2.24, 2.45) is 5.92 Å². The second-order valence-corrected chi connectivity index (χ2v) is 5.39. The first-order chi connectivity index (χ1) is 10.7. The molecule has 3 atom stereocenters. The monoisotopic (exact) mass is 348 g/mol. The van der Waals surface area contributed by atoms with Gasteiger partial charge in [0.15, 0.2) is 5.11 Å². The molecule has 0 amide bonds. The smallest absolute Gasteiger partial charge is 0.437 e. The minimum atomic E-state index is -5.14. The van der Waals surface area contributed by atoms with E-state index in [1.54, 1.807) is 23.5 Å². The third kappa shape index (κ3) is 3.25.